The fraction of sp³-hybridized carbons (Fsp3) is 0.300. The summed E-state index contributed by atoms with van der Waals surface area (Å²) in [6, 6.07) is 5.25. The molecule has 0 heterocycles. The maximum atomic E-state index is 11.6. The second kappa shape index (κ2) is 5.00. The Hall–Kier alpha value is -1.03. The van der Waals surface area contributed by atoms with Crippen LogP contribution in [0.15, 0.2) is 18.2 Å². The molecule has 1 rings (SSSR count). The number of ether oxygens (including phenoxy) is 2. The molecule has 0 aliphatic heterocycles. The topological polar surface area (TPSA) is 35.5 Å². The summed E-state index contributed by atoms with van der Waals surface area (Å²) in [7, 11) is 3.06. The van der Waals surface area contributed by atoms with Crippen LogP contribution in [-0.4, -0.2) is 25.3 Å². The summed E-state index contributed by atoms with van der Waals surface area (Å²) in [4.78, 5) is 11.6. The number of methoxy groups -OCH3 is 2. The summed E-state index contributed by atoms with van der Waals surface area (Å²) in [5.74, 6) is 1.02. The largest absolute Gasteiger partial charge is 0.496 e. The van der Waals surface area contributed by atoms with Crippen molar-refractivity contribution in [1.82, 2.24) is 0 Å². The third-order valence-corrected chi connectivity index (χ3v) is 2.34. The first kappa shape index (κ1) is 11.0. The fourth-order valence-electron chi connectivity index (χ4n) is 1.19. The lowest BCUT2D eigenvalue weighted by atomic mass is 10.1. The monoisotopic (exact) mass is 258 g/mol. The Morgan fingerprint density at radius 1 is 1.29 bits per heavy atom. The van der Waals surface area contributed by atoms with Gasteiger partial charge in [0.2, 0.25) is 0 Å². The predicted octanol–water partition coefficient (Wildman–Crippen LogP) is 2.28. The Morgan fingerprint density at radius 2 is 1.79 bits per heavy atom. The number of carbonyl (C=O) groups excluding carboxylic acids is 1. The van der Waals surface area contributed by atoms with Crippen LogP contribution in [0, 0.1) is 0 Å². The third-order valence-electron chi connectivity index (χ3n) is 1.83. The van der Waals surface area contributed by atoms with E-state index in [1.807, 2.05) is 0 Å². The van der Waals surface area contributed by atoms with Gasteiger partial charge in [-0.15, -0.1) is 0 Å². The molecular weight excluding hydrogens is 248 g/mol. The molecule has 0 aromatic heterocycles. The summed E-state index contributed by atoms with van der Waals surface area (Å²) in [5, 5.41) is 0.254. The van der Waals surface area contributed by atoms with Gasteiger partial charge >= 0.3 is 0 Å². The molecule has 0 atom stereocenters. The maximum absolute atomic E-state index is 11.6. The summed E-state index contributed by atoms with van der Waals surface area (Å²) in [5.41, 5.74) is 0.481. The summed E-state index contributed by atoms with van der Waals surface area (Å²) in [6.07, 6.45) is 0. The van der Waals surface area contributed by atoms with Crippen molar-refractivity contribution in [2.24, 2.45) is 0 Å². The van der Waals surface area contributed by atoms with E-state index < -0.39 is 0 Å². The number of ketones is 1. The van der Waals surface area contributed by atoms with E-state index in [1.165, 1.54) is 14.2 Å². The highest BCUT2D eigenvalue weighted by Gasteiger charge is 2.16. The van der Waals surface area contributed by atoms with E-state index in [0.717, 1.165) is 0 Å². The minimum atomic E-state index is -0.0562. The zero-order valence-corrected chi connectivity index (χ0v) is 9.63. The molecule has 0 bridgehead atoms. The van der Waals surface area contributed by atoms with Crippen molar-refractivity contribution in [1.29, 1.82) is 0 Å². The van der Waals surface area contributed by atoms with Crippen LogP contribution in [0.2, 0.25) is 0 Å². The first-order valence-electron chi connectivity index (χ1n) is 4.04. The number of carbonyl (C=O) groups is 1. The standard InChI is InChI=1S/C10H11BrO3/c1-13-8-4-3-5-9(14-2)10(8)7(12)6-11/h3-5H,6H2,1-2H3. The molecular formula is C10H11BrO3. The van der Waals surface area contributed by atoms with Gasteiger partial charge in [-0.1, -0.05) is 22.0 Å². The number of hydrogen-bond donors (Lipinski definition) is 0. The normalized spacial score (nSPS) is 9.64. The Balaban J connectivity index is 3.25. The molecule has 0 radical (unpaired) electrons. The van der Waals surface area contributed by atoms with Crippen molar-refractivity contribution in [2.45, 2.75) is 0 Å². The van der Waals surface area contributed by atoms with Gasteiger partial charge in [-0.25, -0.2) is 0 Å². The molecule has 4 heteroatoms. The van der Waals surface area contributed by atoms with Gasteiger partial charge in [-0.3, -0.25) is 4.79 Å². The maximum Gasteiger partial charge on any atom is 0.180 e. The second-order valence-corrected chi connectivity index (χ2v) is 3.16. The highest BCUT2D eigenvalue weighted by atomic mass is 79.9. The van der Waals surface area contributed by atoms with E-state index in [4.69, 9.17) is 9.47 Å². The van der Waals surface area contributed by atoms with Crippen LogP contribution in [0.5, 0.6) is 11.5 Å². The van der Waals surface area contributed by atoms with Crippen molar-refractivity contribution >= 4 is 21.7 Å². The molecule has 0 N–H and O–H groups in total. The number of rotatable bonds is 4. The van der Waals surface area contributed by atoms with Gasteiger partial charge in [0.15, 0.2) is 5.78 Å². The first-order chi connectivity index (χ1) is 6.74. The van der Waals surface area contributed by atoms with Crippen molar-refractivity contribution in [3.8, 4) is 11.5 Å². The summed E-state index contributed by atoms with van der Waals surface area (Å²) < 4.78 is 10.2. The molecule has 0 fully saturated rings. The molecule has 0 spiro atoms. The average Bonchev–Trinajstić information content (AvgIpc) is 2.26. The van der Waals surface area contributed by atoms with Crippen LogP contribution in [0.4, 0.5) is 0 Å². The van der Waals surface area contributed by atoms with Gasteiger partial charge in [-0.05, 0) is 12.1 Å². The number of Topliss-reactive ketones (excluding diaryl/α,β-unsaturated/α-hetero) is 1. The number of benzene rings is 1. The summed E-state index contributed by atoms with van der Waals surface area (Å²) >= 11 is 3.12. The molecule has 1 aromatic rings. The molecule has 76 valence electrons. The lowest BCUT2D eigenvalue weighted by Gasteiger charge is -2.10. The van der Waals surface area contributed by atoms with Crippen molar-refractivity contribution in [3.63, 3.8) is 0 Å². The average molecular weight is 259 g/mol. The fourth-order valence-corrected chi connectivity index (χ4v) is 1.47. The molecule has 0 saturated carbocycles. The smallest absolute Gasteiger partial charge is 0.180 e. The van der Waals surface area contributed by atoms with Crippen molar-refractivity contribution in [3.05, 3.63) is 23.8 Å². The third kappa shape index (κ3) is 2.07. The van der Waals surface area contributed by atoms with Crippen LogP contribution in [-0.2, 0) is 0 Å². The molecule has 0 saturated heterocycles. The van der Waals surface area contributed by atoms with Crippen LogP contribution < -0.4 is 9.47 Å². The first-order valence-corrected chi connectivity index (χ1v) is 5.17. The predicted molar refractivity (Wildman–Crippen MR) is 57.7 cm³/mol. The van der Waals surface area contributed by atoms with E-state index in [0.29, 0.717) is 17.1 Å². The molecule has 1 aromatic carbocycles. The van der Waals surface area contributed by atoms with Gasteiger partial charge in [0.05, 0.1) is 19.5 Å². The van der Waals surface area contributed by atoms with Crippen LogP contribution in [0.1, 0.15) is 10.4 Å². The van der Waals surface area contributed by atoms with E-state index in [9.17, 15) is 4.79 Å². The zero-order chi connectivity index (χ0) is 10.6. The Bertz CT molecular complexity index is 314. The lowest BCUT2D eigenvalue weighted by Crippen LogP contribution is -2.05. The second-order valence-electron chi connectivity index (χ2n) is 2.59. The molecule has 3 nitrogen and oxygen atoms in total. The minimum absolute atomic E-state index is 0.0562. The lowest BCUT2D eigenvalue weighted by molar-refractivity contribution is 0.101. The van der Waals surface area contributed by atoms with E-state index in [-0.39, 0.29) is 11.1 Å². The van der Waals surface area contributed by atoms with E-state index >= 15 is 0 Å². The van der Waals surface area contributed by atoms with Crippen LogP contribution >= 0.6 is 15.9 Å². The minimum Gasteiger partial charge on any atom is -0.496 e. The Labute approximate surface area is 91.1 Å². The van der Waals surface area contributed by atoms with Gasteiger partial charge < -0.3 is 9.47 Å². The van der Waals surface area contributed by atoms with Gasteiger partial charge in [0.1, 0.15) is 17.1 Å². The molecule has 0 amide bonds. The molecule has 0 aliphatic carbocycles. The zero-order valence-electron chi connectivity index (χ0n) is 8.04. The quantitative estimate of drug-likeness (QED) is 0.614. The molecule has 0 unspecified atom stereocenters. The van der Waals surface area contributed by atoms with Gasteiger partial charge in [-0.2, -0.15) is 0 Å². The van der Waals surface area contributed by atoms with Gasteiger partial charge in [0.25, 0.3) is 0 Å². The SMILES string of the molecule is COc1cccc(OC)c1C(=O)CBr. The highest BCUT2D eigenvalue weighted by molar-refractivity contribution is 9.09. The van der Waals surface area contributed by atoms with E-state index in [2.05, 4.69) is 15.9 Å². The highest BCUT2D eigenvalue weighted by Crippen LogP contribution is 2.28. The van der Waals surface area contributed by atoms with Crippen LogP contribution in [0.25, 0.3) is 0 Å². The molecule has 0 aliphatic rings. The number of alkyl halides is 1. The van der Waals surface area contributed by atoms with Gasteiger partial charge in [0, 0.05) is 0 Å². The number of halogens is 1. The number of hydrogen-bond acceptors (Lipinski definition) is 3. The Kier molecular flexibility index (Phi) is 3.95. The summed E-state index contributed by atoms with van der Waals surface area (Å²) in [6.45, 7) is 0. The van der Waals surface area contributed by atoms with Crippen LogP contribution in [0.3, 0.4) is 0 Å². The Morgan fingerprint density at radius 3 is 2.14 bits per heavy atom. The van der Waals surface area contributed by atoms with Crippen molar-refractivity contribution < 1.29 is 14.3 Å². The van der Waals surface area contributed by atoms with E-state index in [1.54, 1.807) is 18.2 Å². The van der Waals surface area contributed by atoms with Crippen molar-refractivity contribution in [2.75, 3.05) is 19.5 Å². The molecule has 14 heavy (non-hydrogen) atoms.